The average Bonchev–Trinajstić information content (AvgIpc) is 2.75. The monoisotopic (exact) mass is 292 g/mol. The summed E-state index contributed by atoms with van der Waals surface area (Å²) in [5.41, 5.74) is 2.11. The van der Waals surface area contributed by atoms with Crippen LogP contribution < -0.4 is 0 Å². The molecule has 0 unspecified atom stereocenters. The lowest BCUT2D eigenvalue weighted by Crippen LogP contribution is -1.83. The van der Waals surface area contributed by atoms with Crippen molar-refractivity contribution in [3.8, 4) is 16.6 Å². The fourth-order valence-electron chi connectivity index (χ4n) is 1.36. The second-order valence-corrected chi connectivity index (χ2v) is 5.09. The number of nitriles is 1. The lowest BCUT2D eigenvalue weighted by Gasteiger charge is -1.96. The molecule has 0 spiro atoms. The van der Waals surface area contributed by atoms with E-state index >= 15 is 0 Å². The summed E-state index contributed by atoms with van der Waals surface area (Å²) in [5.74, 6) is 0. The van der Waals surface area contributed by atoms with E-state index in [1.54, 1.807) is 11.3 Å². The molecule has 0 atom stereocenters. The van der Waals surface area contributed by atoms with Crippen molar-refractivity contribution in [1.29, 1.82) is 5.26 Å². The number of rotatable bonds is 3. The minimum atomic E-state index is 0.529. The molecule has 0 amide bonds. The van der Waals surface area contributed by atoms with Crippen LogP contribution in [0.3, 0.4) is 0 Å². The third-order valence-corrected chi connectivity index (χ3v) is 3.55. The number of benzene rings is 1. The minimum absolute atomic E-state index is 0.529. The Balaban J connectivity index is 2.22. The molecule has 1 aromatic heterocycles. The second-order valence-electron chi connectivity index (χ2n) is 3.31. The van der Waals surface area contributed by atoms with E-state index in [4.69, 9.17) is 5.26 Å². The minimum Gasteiger partial charge on any atom is -0.241 e. The highest BCUT2D eigenvalue weighted by Crippen LogP contribution is 2.26. The highest BCUT2D eigenvalue weighted by atomic mass is 79.9. The first-order valence-corrected chi connectivity index (χ1v) is 6.54. The van der Waals surface area contributed by atoms with Crippen molar-refractivity contribution in [1.82, 2.24) is 4.98 Å². The summed E-state index contributed by atoms with van der Waals surface area (Å²) in [6.45, 7) is 0. The van der Waals surface area contributed by atoms with E-state index < -0.39 is 0 Å². The summed E-state index contributed by atoms with van der Waals surface area (Å²) < 4.78 is 1.05. The molecule has 0 saturated carbocycles. The zero-order chi connectivity index (χ0) is 11.4. The number of nitrogens with zero attached hydrogens (tertiary/aromatic N) is 2. The van der Waals surface area contributed by atoms with Gasteiger partial charge in [-0.2, -0.15) is 5.26 Å². The topological polar surface area (TPSA) is 36.7 Å². The first-order chi connectivity index (χ1) is 7.79. The van der Waals surface area contributed by atoms with Crippen LogP contribution >= 0.6 is 27.3 Å². The van der Waals surface area contributed by atoms with Crippen LogP contribution in [0.1, 0.15) is 12.1 Å². The van der Waals surface area contributed by atoms with Gasteiger partial charge < -0.3 is 0 Å². The van der Waals surface area contributed by atoms with E-state index in [9.17, 15) is 0 Å². The summed E-state index contributed by atoms with van der Waals surface area (Å²) in [7, 11) is 0. The van der Waals surface area contributed by atoms with Gasteiger partial charge in [-0.05, 0) is 12.1 Å². The molecule has 0 saturated heterocycles. The number of thiazole rings is 1. The molecule has 4 heteroatoms. The molecule has 80 valence electrons. The van der Waals surface area contributed by atoms with Crippen molar-refractivity contribution < 1.29 is 0 Å². The molecule has 0 aliphatic carbocycles. The maximum atomic E-state index is 8.51. The Labute approximate surface area is 107 Å². The Morgan fingerprint density at radius 1 is 1.44 bits per heavy atom. The molecule has 0 radical (unpaired) electrons. The summed E-state index contributed by atoms with van der Waals surface area (Å²) >= 11 is 5.06. The van der Waals surface area contributed by atoms with Crippen LogP contribution in [0.4, 0.5) is 0 Å². The van der Waals surface area contributed by atoms with Crippen LogP contribution in [0.25, 0.3) is 10.6 Å². The van der Waals surface area contributed by atoms with E-state index in [0.29, 0.717) is 6.42 Å². The highest BCUT2D eigenvalue weighted by molar-refractivity contribution is 9.10. The van der Waals surface area contributed by atoms with Crippen LogP contribution in [-0.4, -0.2) is 4.98 Å². The number of aryl methyl sites for hydroxylation is 1. The fraction of sp³-hybridized carbons (Fsp3) is 0.167. The average molecular weight is 293 g/mol. The summed E-state index contributed by atoms with van der Waals surface area (Å²) in [6, 6.07) is 10.2. The Morgan fingerprint density at radius 2 is 2.31 bits per heavy atom. The van der Waals surface area contributed by atoms with E-state index in [0.717, 1.165) is 27.2 Å². The van der Waals surface area contributed by atoms with Crippen molar-refractivity contribution >= 4 is 27.3 Å². The summed E-state index contributed by atoms with van der Waals surface area (Å²) in [4.78, 5) is 4.51. The maximum absolute atomic E-state index is 8.51. The normalized spacial score (nSPS) is 10.0. The summed E-state index contributed by atoms with van der Waals surface area (Å²) in [5, 5.41) is 11.5. The van der Waals surface area contributed by atoms with Gasteiger partial charge in [0.1, 0.15) is 5.01 Å². The molecule has 0 aliphatic rings. The zero-order valence-corrected chi connectivity index (χ0v) is 10.9. The van der Waals surface area contributed by atoms with Gasteiger partial charge >= 0.3 is 0 Å². The van der Waals surface area contributed by atoms with E-state index in [1.165, 1.54) is 0 Å². The van der Waals surface area contributed by atoms with Crippen molar-refractivity contribution in [3.63, 3.8) is 0 Å². The van der Waals surface area contributed by atoms with Gasteiger partial charge in [0.2, 0.25) is 0 Å². The Bertz CT molecular complexity index is 528. The molecule has 0 N–H and O–H groups in total. The molecule has 0 fully saturated rings. The van der Waals surface area contributed by atoms with Crippen LogP contribution in [-0.2, 0) is 6.42 Å². The highest BCUT2D eigenvalue weighted by Gasteiger charge is 2.04. The van der Waals surface area contributed by atoms with E-state index in [1.807, 2.05) is 29.6 Å². The number of hydrogen-bond donors (Lipinski definition) is 0. The molecule has 0 bridgehead atoms. The molecular weight excluding hydrogens is 284 g/mol. The Kier molecular flexibility index (Phi) is 3.70. The lowest BCUT2D eigenvalue weighted by molar-refractivity contribution is 0.969. The molecule has 0 aliphatic heterocycles. The number of halogens is 1. The van der Waals surface area contributed by atoms with E-state index in [-0.39, 0.29) is 0 Å². The second kappa shape index (κ2) is 5.24. The maximum Gasteiger partial charge on any atom is 0.123 e. The standard InChI is InChI=1S/C12H9BrN2S/c13-10-4-1-3-9(7-10)12-15-11(8-16-12)5-2-6-14/h1,3-4,7-8H,2,5H2. The predicted octanol–water partition coefficient (Wildman–Crippen LogP) is 4.03. The van der Waals surface area contributed by atoms with Gasteiger partial charge in [-0.3, -0.25) is 0 Å². The van der Waals surface area contributed by atoms with Gasteiger partial charge in [0.15, 0.2) is 0 Å². The van der Waals surface area contributed by atoms with Gasteiger partial charge in [0, 0.05) is 28.3 Å². The van der Waals surface area contributed by atoms with Crippen molar-refractivity contribution in [2.45, 2.75) is 12.8 Å². The Morgan fingerprint density at radius 3 is 3.06 bits per heavy atom. The summed E-state index contributed by atoms with van der Waals surface area (Å²) in [6.07, 6.45) is 1.27. The number of aromatic nitrogens is 1. The quantitative estimate of drug-likeness (QED) is 0.856. The van der Waals surface area contributed by atoms with Crippen LogP contribution in [0, 0.1) is 11.3 Å². The molecule has 1 aromatic carbocycles. The van der Waals surface area contributed by atoms with Crippen LogP contribution in [0.2, 0.25) is 0 Å². The Hall–Kier alpha value is -1.18. The van der Waals surface area contributed by atoms with Crippen molar-refractivity contribution in [2.24, 2.45) is 0 Å². The van der Waals surface area contributed by atoms with Gasteiger partial charge in [0.05, 0.1) is 11.8 Å². The predicted molar refractivity (Wildman–Crippen MR) is 69.2 cm³/mol. The SMILES string of the molecule is N#CCCc1csc(-c2cccc(Br)c2)n1. The molecule has 2 aromatic rings. The van der Waals surface area contributed by atoms with Gasteiger partial charge in [-0.25, -0.2) is 4.98 Å². The van der Waals surface area contributed by atoms with Crippen LogP contribution in [0.5, 0.6) is 0 Å². The van der Waals surface area contributed by atoms with Crippen LogP contribution in [0.15, 0.2) is 34.1 Å². The van der Waals surface area contributed by atoms with E-state index in [2.05, 4.69) is 27.0 Å². The smallest absolute Gasteiger partial charge is 0.123 e. The van der Waals surface area contributed by atoms with Gasteiger partial charge in [0.25, 0.3) is 0 Å². The van der Waals surface area contributed by atoms with Crippen molar-refractivity contribution in [2.75, 3.05) is 0 Å². The van der Waals surface area contributed by atoms with Gasteiger partial charge in [-0.15, -0.1) is 11.3 Å². The van der Waals surface area contributed by atoms with Crippen molar-refractivity contribution in [3.05, 3.63) is 39.8 Å². The third-order valence-electron chi connectivity index (χ3n) is 2.12. The largest absolute Gasteiger partial charge is 0.241 e. The molecule has 2 rings (SSSR count). The molecular formula is C12H9BrN2S. The molecule has 1 heterocycles. The zero-order valence-electron chi connectivity index (χ0n) is 8.48. The molecule has 2 nitrogen and oxygen atoms in total. The lowest BCUT2D eigenvalue weighted by atomic mass is 10.2. The molecule has 16 heavy (non-hydrogen) atoms. The first-order valence-electron chi connectivity index (χ1n) is 4.87. The first kappa shape index (κ1) is 11.3. The fourth-order valence-corrected chi connectivity index (χ4v) is 2.61. The van der Waals surface area contributed by atoms with Gasteiger partial charge in [-0.1, -0.05) is 28.1 Å². The number of hydrogen-bond acceptors (Lipinski definition) is 3. The third kappa shape index (κ3) is 2.69.